The van der Waals surface area contributed by atoms with E-state index in [0.29, 0.717) is 5.82 Å². The Labute approximate surface area is 314 Å². The molecule has 0 bridgehead atoms. The van der Waals surface area contributed by atoms with Crippen LogP contribution in [0.15, 0.2) is 200 Å². The highest BCUT2D eigenvalue weighted by atomic mass is 14.9. The fraction of sp³-hybridized carbons (Fsp3) is 0. The number of pyridine rings is 3. The van der Waals surface area contributed by atoms with Crippen LogP contribution in [0.5, 0.6) is 0 Å². The molecule has 0 fully saturated rings. The highest BCUT2D eigenvalue weighted by Crippen LogP contribution is 2.36. The average molecular weight is 692 g/mol. The smallest absolute Gasteiger partial charge is 0.160 e. The molecule has 0 spiro atoms. The highest BCUT2D eigenvalue weighted by molar-refractivity contribution is 5.86. The fourth-order valence-electron chi connectivity index (χ4n) is 6.70. The first-order chi connectivity index (χ1) is 26.7. The predicted molar refractivity (Wildman–Crippen MR) is 219 cm³/mol. The summed E-state index contributed by atoms with van der Waals surface area (Å²) in [6, 6.07) is 64.2. The lowest BCUT2D eigenvalue weighted by molar-refractivity contribution is 1.18. The molecule has 4 heterocycles. The second-order valence-electron chi connectivity index (χ2n) is 13.0. The molecule has 54 heavy (non-hydrogen) atoms. The average Bonchev–Trinajstić information content (AvgIpc) is 3.27. The van der Waals surface area contributed by atoms with Gasteiger partial charge in [0.15, 0.2) is 5.82 Å². The van der Waals surface area contributed by atoms with Gasteiger partial charge in [-0.1, -0.05) is 146 Å². The van der Waals surface area contributed by atoms with Gasteiger partial charge in [-0.05, 0) is 70.3 Å². The highest BCUT2D eigenvalue weighted by Gasteiger charge is 2.15. The van der Waals surface area contributed by atoms with Crippen LogP contribution in [0.3, 0.4) is 0 Å². The van der Waals surface area contributed by atoms with Crippen molar-refractivity contribution in [3.63, 3.8) is 0 Å². The van der Waals surface area contributed by atoms with E-state index in [0.717, 1.165) is 84.2 Å². The van der Waals surface area contributed by atoms with Crippen LogP contribution < -0.4 is 0 Å². The van der Waals surface area contributed by atoms with Crippen molar-refractivity contribution in [2.24, 2.45) is 0 Å². The van der Waals surface area contributed by atoms with Crippen molar-refractivity contribution in [2.45, 2.75) is 0 Å². The molecule has 5 heteroatoms. The van der Waals surface area contributed by atoms with Gasteiger partial charge in [0.1, 0.15) is 0 Å². The number of hydrogen-bond acceptors (Lipinski definition) is 5. The summed E-state index contributed by atoms with van der Waals surface area (Å²) in [6.07, 6.45) is 3.73. The van der Waals surface area contributed by atoms with Gasteiger partial charge >= 0.3 is 0 Å². The molecule has 0 aliphatic heterocycles. The van der Waals surface area contributed by atoms with E-state index in [1.54, 1.807) is 6.20 Å². The van der Waals surface area contributed by atoms with Gasteiger partial charge in [-0.15, -0.1) is 0 Å². The molecule has 9 rings (SSSR count). The van der Waals surface area contributed by atoms with Crippen LogP contribution in [-0.4, -0.2) is 24.9 Å². The summed E-state index contributed by atoms with van der Waals surface area (Å²) in [6.45, 7) is 0. The van der Waals surface area contributed by atoms with Crippen LogP contribution >= 0.6 is 0 Å². The van der Waals surface area contributed by atoms with Crippen LogP contribution in [0.2, 0.25) is 0 Å². The van der Waals surface area contributed by atoms with E-state index >= 15 is 0 Å². The van der Waals surface area contributed by atoms with Crippen LogP contribution in [0.25, 0.3) is 90.1 Å². The third-order valence-corrected chi connectivity index (χ3v) is 9.42. The summed E-state index contributed by atoms with van der Waals surface area (Å²) in [5.74, 6) is 0.692. The van der Waals surface area contributed by atoms with Crippen molar-refractivity contribution in [1.29, 1.82) is 0 Å². The Morgan fingerprint density at radius 2 is 0.852 bits per heavy atom. The second kappa shape index (κ2) is 14.7. The van der Waals surface area contributed by atoms with E-state index < -0.39 is 0 Å². The van der Waals surface area contributed by atoms with Crippen molar-refractivity contribution in [2.75, 3.05) is 0 Å². The van der Waals surface area contributed by atoms with Gasteiger partial charge in [-0.3, -0.25) is 9.97 Å². The summed E-state index contributed by atoms with van der Waals surface area (Å²) in [5, 5.41) is 0. The molecule has 9 aromatic rings. The minimum Gasteiger partial charge on any atom is -0.255 e. The van der Waals surface area contributed by atoms with Crippen molar-refractivity contribution in [3.8, 4) is 90.1 Å². The topological polar surface area (TPSA) is 64.5 Å². The lowest BCUT2D eigenvalue weighted by atomic mass is 9.94. The molecule has 0 aliphatic rings. The van der Waals surface area contributed by atoms with E-state index in [2.05, 4.69) is 114 Å². The molecule has 5 nitrogen and oxygen atoms in total. The molecule has 5 aromatic carbocycles. The molecule has 0 saturated carbocycles. The van der Waals surface area contributed by atoms with E-state index in [4.69, 9.17) is 19.9 Å². The van der Waals surface area contributed by atoms with E-state index in [9.17, 15) is 0 Å². The summed E-state index contributed by atoms with van der Waals surface area (Å²) in [7, 11) is 0. The van der Waals surface area contributed by atoms with Crippen molar-refractivity contribution >= 4 is 0 Å². The van der Waals surface area contributed by atoms with E-state index in [1.807, 2.05) is 85.1 Å². The summed E-state index contributed by atoms with van der Waals surface area (Å²) >= 11 is 0. The Hall–Kier alpha value is -7.37. The van der Waals surface area contributed by atoms with E-state index in [-0.39, 0.29) is 0 Å². The first-order valence-electron chi connectivity index (χ1n) is 17.9. The molecule has 0 aliphatic carbocycles. The minimum absolute atomic E-state index is 0.692. The third-order valence-electron chi connectivity index (χ3n) is 9.42. The third kappa shape index (κ3) is 6.82. The standard InChI is InChI=1S/C49H33N5/c1-4-15-34(16-5-1)40-30-47(43-25-12-13-28-50-43)52-48(31-40)44-27-26-39(33-51-44)37-21-14-22-38(29-37)41-23-10-11-24-42(41)46-32-45(35-17-6-2-7-18-35)53-49(54-46)36-19-8-3-9-20-36/h1-33H. The van der Waals surface area contributed by atoms with E-state index in [1.165, 1.54) is 0 Å². The maximum Gasteiger partial charge on any atom is 0.160 e. The number of rotatable bonds is 8. The Bertz CT molecular complexity index is 2560. The largest absolute Gasteiger partial charge is 0.255 e. The summed E-state index contributed by atoms with van der Waals surface area (Å²) in [4.78, 5) is 24.7. The number of hydrogen-bond donors (Lipinski definition) is 0. The number of benzene rings is 5. The minimum atomic E-state index is 0.692. The first kappa shape index (κ1) is 32.5. The molecule has 0 unspecified atom stereocenters. The van der Waals surface area contributed by atoms with Gasteiger partial charge in [0, 0.05) is 34.6 Å². The summed E-state index contributed by atoms with van der Waals surface area (Å²) < 4.78 is 0. The van der Waals surface area contributed by atoms with Gasteiger partial charge < -0.3 is 0 Å². The van der Waals surface area contributed by atoms with Crippen LogP contribution in [0.1, 0.15) is 0 Å². The zero-order valence-electron chi connectivity index (χ0n) is 29.3. The van der Waals surface area contributed by atoms with Crippen LogP contribution in [0, 0.1) is 0 Å². The normalized spacial score (nSPS) is 11.0. The first-order valence-corrected chi connectivity index (χ1v) is 17.9. The van der Waals surface area contributed by atoms with Gasteiger partial charge in [0.25, 0.3) is 0 Å². The number of nitrogens with zero attached hydrogens (tertiary/aromatic N) is 5. The van der Waals surface area contributed by atoms with Crippen molar-refractivity contribution in [1.82, 2.24) is 24.9 Å². The molecule has 0 atom stereocenters. The van der Waals surface area contributed by atoms with Crippen LogP contribution in [-0.2, 0) is 0 Å². The fourth-order valence-corrected chi connectivity index (χ4v) is 6.70. The molecule has 0 amide bonds. The Morgan fingerprint density at radius 1 is 0.259 bits per heavy atom. The molecule has 4 aromatic heterocycles. The monoisotopic (exact) mass is 691 g/mol. The Balaban J connectivity index is 1.08. The molecule has 0 radical (unpaired) electrons. The molecule has 0 saturated heterocycles. The second-order valence-corrected chi connectivity index (χ2v) is 13.0. The maximum atomic E-state index is 5.12. The molecular formula is C49H33N5. The lowest BCUT2D eigenvalue weighted by Crippen LogP contribution is -1.97. The van der Waals surface area contributed by atoms with Crippen molar-refractivity contribution < 1.29 is 0 Å². The van der Waals surface area contributed by atoms with Gasteiger partial charge in [0.05, 0.1) is 34.2 Å². The SMILES string of the molecule is c1ccc(-c2cc(-c3ccccn3)nc(-c3ccc(-c4cccc(-c5ccccc5-c5cc(-c6ccccc6)nc(-c6ccccc6)n5)c4)cn3)c2)cc1. The lowest BCUT2D eigenvalue weighted by Gasteiger charge is -2.14. The number of aromatic nitrogens is 5. The quantitative estimate of drug-likeness (QED) is 0.159. The Morgan fingerprint density at radius 3 is 1.54 bits per heavy atom. The van der Waals surface area contributed by atoms with Crippen molar-refractivity contribution in [3.05, 3.63) is 200 Å². The molecule has 254 valence electrons. The van der Waals surface area contributed by atoms with Crippen LogP contribution in [0.4, 0.5) is 0 Å². The summed E-state index contributed by atoms with van der Waals surface area (Å²) in [5.41, 5.74) is 14.4. The van der Waals surface area contributed by atoms with Gasteiger partial charge in [0.2, 0.25) is 0 Å². The zero-order valence-corrected chi connectivity index (χ0v) is 29.3. The van der Waals surface area contributed by atoms with Gasteiger partial charge in [-0.2, -0.15) is 0 Å². The van der Waals surface area contributed by atoms with Gasteiger partial charge in [-0.25, -0.2) is 15.0 Å². The molecular weight excluding hydrogens is 659 g/mol. The Kier molecular flexibility index (Phi) is 8.86. The zero-order chi connectivity index (χ0) is 36.1. The predicted octanol–water partition coefficient (Wildman–Crippen LogP) is 12.0. The molecule has 0 N–H and O–H groups in total. The maximum absolute atomic E-state index is 5.12.